The molecule has 2 aromatic rings. The summed E-state index contributed by atoms with van der Waals surface area (Å²) >= 11 is 0. The molecule has 0 saturated carbocycles. The number of likely N-dealkylation sites (tertiary alicyclic amines) is 1. The minimum absolute atomic E-state index is 0.0995. The van der Waals surface area contributed by atoms with Gasteiger partial charge in [0.2, 0.25) is 0 Å². The lowest BCUT2D eigenvalue weighted by atomic mass is 10.0. The van der Waals surface area contributed by atoms with Gasteiger partial charge >= 0.3 is 0 Å². The molecule has 0 aliphatic carbocycles. The number of allylic oxidation sites excluding steroid dienone is 2. The van der Waals surface area contributed by atoms with Gasteiger partial charge in [-0.05, 0) is 62.4 Å². The molecule has 35 heavy (non-hydrogen) atoms. The first-order valence-corrected chi connectivity index (χ1v) is 12.2. The first-order chi connectivity index (χ1) is 16.7. The van der Waals surface area contributed by atoms with Gasteiger partial charge in [-0.25, -0.2) is 16.1 Å². The van der Waals surface area contributed by atoms with Crippen molar-refractivity contribution >= 4 is 0 Å². The number of likely N-dealkylation sites (N-methyl/N-ethyl adjacent to an activating group) is 1. The molecular weight excluding hydrogens is 437 g/mol. The third-order valence-corrected chi connectivity index (χ3v) is 5.81. The Labute approximate surface area is 211 Å². The van der Waals surface area contributed by atoms with Gasteiger partial charge < -0.3 is 5.32 Å². The van der Waals surface area contributed by atoms with Crippen molar-refractivity contribution in [3.8, 4) is 0 Å². The second-order valence-corrected chi connectivity index (χ2v) is 8.98. The average Bonchev–Trinajstić information content (AvgIpc) is 3.28. The van der Waals surface area contributed by atoms with Crippen molar-refractivity contribution in [2.75, 3.05) is 13.6 Å². The lowest BCUT2D eigenvalue weighted by Gasteiger charge is -2.22. The summed E-state index contributed by atoms with van der Waals surface area (Å²) < 4.78 is 12.8. The van der Waals surface area contributed by atoms with Gasteiger partial charge in [-0.15, -0.1) is 6.58 Å². The van der Waals surface area contributed by atoms with Gasteiger partial charge in [0.1, 0.15) is 5.82 Å². The Bertz CT molecular complexity index is 895. The van der Waals surface area contributed by atoms with Crippen LogP contribution in [0.1, 0.15) is 56.6 Å². The maximum absolute atomic E-state index is 12.8. The Kier molecular flexibility index (Phi) is 14.3. The van der Waals surface area contributed by atoms with E-state index in [2.05, 4.69) is 61.3 Å². The highest BCUT2D eigenvalue weighted by Gasteiger charge is 2.22. The fourth-order valence-electron chi connectivity index (χ4n) is 3.62. The van der Waals surface area contributed by atoms with E-state index in [1.807, 2.05) is 32.0 Å². The number of rotatable bonds is 9. The summed E-state index contributed by atoms with van der Waals surface area (Å²) in [7, 11) is 2.17. The maximum Gasteiger partial charge on any atom is 0.126 e. The van der Waals surface area contributed by atoms with Crippen LogP contribution in [0.3, 0.4) is 0 Å². The highest BCUT2D eigenvalue weighted by atomic mass is 19.1. The molecule has 1 fully saturated rings. The fraction of sp³-hybridized carbons (Fsp3) is 0.379. The summed E-state index contributed by atoms with van der Waals surface area (Å²) in [5, 5.41) is 4.47. The largest absolute Gasteiger partial charge is 0.383 e. The summed E-state index contributed by atoms with van der Waals surface area (Å²) in [6.45, 7) is 17.4. The Morgan fingerprint density at radius 2 is 1.77 bits per heavy atom. The topological polar surface area (TPSA) is 70.5 Å². The molecule has 0 aromatic heterocycles. The summed E-state index contributed by atoms with van der Waals surface area (Å²) in [6.07, 6.45) is 5.96. The van der Waals surface area contributed by atoms with Crippen LogP contribution >= 0.6 is 0 Å². The Hall–Kier alpha value is -2.93. The molecule has 0 spiro atoms. The maximum atomic E-state index is 12.8. The molecule has 1 aliphatic heterocycles. The number of benzene rings is 2. The van der Waals surface area contributed by atoms with Gasteiger partial charge in [-0.1, -0.05) is 81.6 Å². The predicted molar refractivity (Wildman–Crippen MR) is 147 cm³/mol. The van der Waals surface area contributed by atoms with E-state index in [1.54, 1.807) is 12.1 Å². The van der Waals surface area contributed by atoms with Crippen LogP contribution in [0.2, 0.25) is 0 Å². The molecule has 5 N–H and O–H groups in total. The Balaban J connectivity index is 0.000000280. The van der Waals surface area contributed by atoms with Crippen LogP contribution in [0, 0.1) is 5.82 Å². The second-order valence-electron chi connectivity index (χ2n) is 8.98. The predicted octanol–water partition coefficient (Wildman–Crippen LogP) is 5.85. The van der Waals surface area contributed by atoms with E-state index in [0.29, 0.717) is 6.04 Å². The lowest BCUT2D eigenvalue weighted by Crippen LogP contribution is -2.36. The van der Waals surface area contributed by atoms with Crippen molar-refractivity contribution in [2.24, 2.45) is 11.7 Å². The van der Waals surface area contributed by atoms with Gasteiger partial charge in [-0.2, -0.15) is 0 Å². The van der Waals surface area contributed by atoms with Gasteiger partial charge in [0.15, 0.2) is 0 Å². The monoisotopic (exact) mass is 481 g/mol. The molecule has 0 amide bonds. The first-order valence-electron chi connectivity index (χ1n) is 12.2. The summed E-state index contributed by atoms with van der Waals surface area (Å²) in [5.41, 5.74) is 3.98. The van der Waals surface area contributed by atoms with Gasteiger partial charge in [0, 0.05) is 24.0 Å². The van der Waals surface area contributed by atoms with E-state index in [4.69, 9.17) is 11.7 Å². The molecule has 1 heterocycles. The highest BCUT2D eigenvalue weighted by molar-refractivity contribution is 5.20. The standard InChI is InChI=1S/C14H20N2.C9H11F.C6H13N3/c1-12(14-9-6-10-16(14)2)15-11-13-7-4-3-5-8-13;1-7(2)8-5-3-4-6-9(8)10;1-3-4-5-6(2)9(7)8/h3-5,7-8,14-15H,1,6,9-11H2,2H3;3-7H,1-2H3;3H,1-2,4-5,7-8H2. The molecule has 3 rings (SSSR count). The first kappa shape index (κ1) is 30.1. The van der Waals surface area contributed by atoms with E-state index in [0.717, 1.165) is 41.5 Å². The Morgan fingerprint density at radius 3 is 2.26 bits per heavy atom. The molecule has 0 radical (unpaired) electrons. The van der Waals surface area contributed by atoms with Crippen LogP contribution in [0.4, 0.5) is 4.39 Å². The molecule has 1 aliphatic rings. The van der Waals surface area contributed by atoms with Crippen LogP contribution in [-0.4, -0.2) is 29.7 Å². The quantitative estimate of drug-likeness (QED) is 0.238. The van der Waals surface area contributed by atoms with Gasteiger partial charge in [0.25, 0.3) is 0 Å². The van der Waals surface area contributed by atoms with E-state index < -0.39 is 0 Å². The fourth-order valence-corrected chi connectivity index (χ4v) is 3.62. The molecule has 0 bridgehead atoms. The number of nitrogens with one attached hydrogen (secondary N) is 1. The summed E-state index contributed by atoms with van der Waals surface area (Å²) in [4.78, 5) is 2.38. The van der Waals surface area contributed by atoms with Crippen molar-refractivity contribution in [1.82, 2.24) is 15.3 Å². The zero-order valence-electron chi connectivity index (χ0n) is 21.7. The van der Waals surface area contributed by atoms with Crippen molar-refractivity contribution < 1.29 is 4.39 Å². The van der Waals surface area contributed by atoms with Gasteiger partial charge in [-0.3, -0.25) is 10.0 Å². The normalized spacial score (nSPS) is 14.8. The Morgan fingerprint density at radius 1 is 1.14 bits per heavy atom. The van der Waals surface area contributed by atoms with Crippen molar-refractivity contribution in [2.45, 2.75) is 58.0 Å². The lowest BCUT2D eigenvalue weighted by molar-refractivity contribution is 0.334. The number of hydrazine groups is 2. The minimum Gasteiger partial charge on any atom is -0.383 e. The van der Waals surface area contributed by atoms with Crippen LogP contribution in [-0.2, 0) is 6.54 Å². The van der Waals surface area contributed by atoms with Crippen LogP contribution in [0.25, 0.3) is 0 Å². The molecule has 192 valence electrons. The van der Waals surface area contributed by atoms with E-state index in [-0.39, 0.29) is 11.7 Å². The second kappa shape index (κ2) is 16.7. The molecule has 2 aromatic carbocycles. The number of nitrogens with two attached hydrogens (primary N) is 2. The number of hydrogen-bond donors (Lipinski definition) is 3. The van der Waals surface area contributed by atoms with Crippen molar-refractivity contribution in [1.29, 1.82) is 0 Å². The van der Waals surface area contributed by atoms with Crippen LogP contribution in [0.5, 0.6) is 0 Å². The van der Waals surface area contributed by atoms with Gasteiger partial charge in [0.05, 0.1) is 0 Å². The zero-order chi connectivity index (χ0) is 26.2. The number of nitrogens with zero attached hydrogens (tertiary/aromatic N) is 2. The molecule has 1 unspecified atom stereocenters. The molecule has 1 atom stereocenters. The minimum atomic E-state index is -0.0995. The third kappa shape index (κ3) is 11.9. The molecule has 1 saturated heterocycles. The average molecular weight is 482 g/mol. The number of hydrogen-bond acceptors (Lipinski definition) is 5. The summed E-state index contributed by atoms with van der Waals surface area (Å²) in [5.74, 6) is 10.5. The van der Waals surface area contributed by atoms with E-state index in [9.17, 15) is 4.39 Å². The van der Waals surface area contributed by atoms with Crippen LogP contribution < -0.4 is 17.0 Å². The summed E-state index contributed by atoms with van der Waals surface area (Å²) in [6, 6.07) is 17.9. The van der Waals surface area contributed by atoms with Crippen LogP contribution in [0.15, 0.2) is 91.8 Å². The third-order valence-electron chi connectivity index (χ3n) is 5.81. The van der Waals surface area contributed by atoms with Crippen molar-refractivity contribution in [3.05, 3.63) is 109 Å². The van der Waals surface area contributed by atoms with E-state index >= 15 is 0 Å². The zero-order valence-corrected chi connectivity index (χ0v) is 21.7. The number of halogens is 1. The van der Waals surface area contributed by atoms with Crippen molar-refractivity contribution in [3.63, 3.8) is 0 Å². The van der Waals surface area contributed by atoms with E-state index in [1.165, 1.54) is 31.0 Å². The SMILES string of the molecule is C=C(NCc1ccccc1)C1CCCN1C.C=CCCC(=C)N(N)N.CC(C)c1ccccc1F. The molecule has 6 heteroatoms. The highest BCUT2D eigenvalue weighted by Crippen LogP contribution is 2.19. The molecule has 5 nitrogen and oxygen atoms in total. The molecular formula is C29H44FN5. The smallest absolute Gasteiger partial charge is 0.126 e.